The SMILES string of the molecule is CCCCC1COC(C2CCC(C3CCC(/C=C/Cl)CC3)CC2)OC1. The highest BCUT2D eigenvalue weighted by atomic mass is 35.5. The van der Waals surface area contributed by atoms with E-state index >= 15 is 0 Å². The normalized spacial score (nSPS) is 40.4. The van der Waals surface area contributed by atoms with E-state index in [9.17, 15) is 0 Å². The predicted octanol–water partition coefficient (Wildman–Crippen LogP) is 6.53. The van der Waals surface area contributed by atoms with E-state index in [0.29, 0.717) is 11.8 Å². The predicted molar refractivity (Wildman–Crippen MR) is 105 cm³/mol. The van der Waals surface area contributed by atoms with Crippen molar-refractivity contribution in [2.45, 2.75) is 83.8 Å². The van der Waals surface area contributed by atoms with Crippen LogP contribution in [0.4, 0.5) is 0 Å². The van der Waals surface area contributed by atoms with E-state index in [-0.39, 0.29) is 6.29 Å². The highest BCUT2D eigenvalue weighted by Crippen LogP contribution is 2.43. The second kappa shape index (κ2) is 10.3. The van der Waals surface area contributed by atoms with Crippen molar-refractivity contribution in [3.63, 3.8) is 0 Å². The van der Waals surface area contributed by atoms with Gasteiger partial charge in [-0.25, -0.2) is 0 Å². The van der Waals surface area contributed by atoms with Crippen molar-refractivity contribution in [1.29, 1.82) is 0 Å². The Labute approximate surface area is 159 Å². The van der Waals surface area contributed by atoms with Crippen molar-refractivity contribution in [3.05, 3.63) is 11.6 Å². The zero-order chi connectivity index (χ0) is 17.5. The minimum atomic E-state index is 0.0865. The van der Waals surface area contributed by atoms with E-state index in [1.165, 1.54) is 70.6 Å². The van der Waals surface area contributed by atoms with Crippen LogP contribution in [0.5, 0.6) is 0 Å². The molecule has 0 radical (unpaired) electrons. The van der Waals surface area contributed by atoms with Crippen molar-refractivity contribution >= 4 is 11.6 Å². The first kappa shape index (κ1) is 19.7. The fraction of sp³-hybridized carbons (Fsp3) is 0.909. The van der Waals surface area contributed by atoms with Gasteiger partial charge in [0, 0.05) is 17.4 Å². The molecule has 3 rings (SSSR count). The second-order valence-corrected chi connectivity index (χ2v) is 8.96. The molecule has 0 atom stereocenters. The average Bonchev–Trinajstić information content (AvgIpc) is 2.68. The standard InChI is InChI=1S/C22H37ClO2/c1-2-3-4-18-15-24-22(25-16-18)21-11-9-20(10-12-21)19-7-5-17(6-8-19)13-14-23/h13-14,17-22H,2-12,15-16H2,1H3/b14-13+. The first-order valence-electron chi connectivity index (χ1n) is 10.8. The van der Waals surface area contributed by atoms with E-state index in [4.69, 9.17) is 21.1 Å². The molecule has 0 amide bonds. The maximum absolute atomic E-state index is 6.11. The lowest BCUT2D eigenvalue weighted by atomic mass is 9.69. The highest BCUT2D eigenvalue weighted by molar-refractivity contribution is 6.25. The fourth-order valence-corrected chi connectivity index (χ4v) is 5.50. The van der Waals surface area contributed by atoms with E-state index < -0.39 is 0 Å². The van der Waals surface area contributed by atoms with Crippen molar-refractivity contribution in [2.24, 2.45) is 29.6 Å². The summed E-state index contributed by atoms with van der Waals surface area (Å²) in [5.41, 5.74) is 1.72. The minimum Gasteiger partial charge on any atom is -0.352 e. The maximum atomic E-state index is 6.11. The van der Waals surface area contributed by atoms with Crippen LogP contribution in [-0.4, -0.2) is 19.5 Å². The van der Waals surface area contributed by atoms with Crippen LogP contribution >= 0.6 is 11.6 Å². The van der Waals surface area contributed by atoms with Crippen LogP contribution in [0.3, 0.4) is 0 Å². The minimum absolute atomic E-state index is 0.0865. The summed E-state index contributed by atoms with van der Waals surface area (Å²) in [5, 5.41) is 0. The van der Waals surface area contributed by atoms with Gasteiger partial charge in [0.15, 0.2) is 6.29 Å². The summed E-state index contributed by atoms with van der Waals surface area (Å²) >= 11 is 5.74. The van der Waals surface area contributed by atoms with Crippen molar-refractivity contribution in [2.75, 3.05) is 13.2 Å². The smallest absolute Gasteiger partial charge is 0.160 e. The van der Waals surface area contributed by atoms with Gasteiger partial charge in [-0.1, -0.05) is 37.4 Å². The molecule has 0 N–H and O–H groups in total. The number of unbranched alkanes of at least 4 members (excludes halogenated alkanes) is 1. The molecule has 3 fully saturated rings. The van der Waals surface area contributed by atoms with E-state index in [0.717, 1.165) is 31.0 Å². The summed E-state index contributed by atoms with van der Waals surface area (Å²) in [4.78, 5) is 0. The number of rotatable bonds is 6. The van der Waals surface area contributed by atoms with Gasteiger partial charge in [0.1, 0.15) is 0 Å². The van der Waals surface area contributed by atoms with Gasteiger partial charge in [-0.15, -0.1) is 0 Å². The van der Waals surface area contributed by atoms with Gasteiger partial charge in [0.05, 0.1) is 13.2 Å². The van der Waals surface area contributed by atoms with Crippen LogP contribution in [0.2, 0.25) is 0 Å². The Kier molecular flexibility index (Phi) is 8.14. The molecule has 1 saturated heterocycles. The van der Waals surface area contributed by atoms with Gasteiger partial charge in [-0.2, -0.15) is 0 Å². The first-order chi connectivity index (χ1) is 12.3. The van der Waals surface area contributed by atoms with Gasteiger partial charge in [0.2, 0.25) is 0 Å². The molecule has 0 bridgehead atoms. The molecular formula is C22H37ClO2. The molecular weight excluding hydrogens is 332 g/mol. The third-order valence-corrected chi connectivity index (χ3v) is 7.13. The molecule has 1 aliphatic heterocycles. The summed E-state index contributed by atoms with van der Waals surface area (Å²) in [7, 11) is 0. The van der Waals surface area contributed by atoms with Crippen LogP contribution in [0, 0.1) is 29.6 Å². The molecule has 0 aromatic heterocycles. The molecule has 1 heterocycles. The van der Waals surface area contributed by atoms with Gasteiger partial charge >= 0.3 is 0 Å². The Morgan fingerprint density at radius 2 is 1.40 bits per heavy atom. The molecule has 2 nitrogen and oxygen atoms in total. The molecule has 3 aliphatic rings. The number of ether oxygens (including phenoxy) is 2. The van der Waals surface area contributed by atoms with Gasteiger partial charge in [-0.05, 0) is 75.5 Å². The summed E-state index contributed by atoms with van der Waals surface area (Å²) in [6, 6.07) is 0. The monoisotopic (exact) mass is 368 g/mol. The maximum Gasteiger partial charge on any atom is 0.160 e. The molecule has 144 valence electrons. The van der Waals surface area contributed by atoms with Crippen molar-refractivity contribution in [1.82, 2.24) is 0 Å². The van der Waals surface area contributed by atoms with E-state index in [2.05, 4.69) is 13.0 Å². The third kappa shape index (κ3) is 5.71. The molecule has 0 spiro atoms. The molecule has 0 unspecified atom stereocenters. The first-order valence-corrected chi connectivity index (χ1v) is 11.2. The number of allylic oxidation sites excluding steroid dienone is 1. The van der Waals surface area contributed by atoms with E-state index in [1.807, 2.05) is 0 Å². The molecule has 25 heavy (non-hydrogen) atoms. The Morgan fingerprint density at radius 3 is 1.96 bits per heavy atom. The average molecular weight is 369 g/mol. The quantitative estimate of drug-likeness (QED) is 0.530. The molecule has 2 aliphatic carbocycles. The Bertz CT molecular complexity index is 387. The molecule has 3 heteroatoms. The van der Waals surface area contributed by atoms with Crippen molar-refractivity contribution in [3.8, 4) is 0 Å². The van der Waals surface area contributed by atoms with Crippen molar-refractivity contribution < 1.29 is 9.47 Å². The van der Waals surface area contributed by atoms with Crippen LogP contribution < -0.4 is 0 Å². The van der Waals surface area contributed by atoms with E-state index in [1.54, 1.807) is 5.54 Å². The Hall–Kier alpha value is -0.0500. The summed E-state index contributed by atoms with van der Waals surface area (Å²) in [6.45, 7) is 4.10. The molecule has 0 aromatic carbocycles. The van der Waals surface area contributed by atoms with Crippen LogP contribution in [0.15, 0.2) is 11.6 Å². The number of halogens is 1. The zero-order valence-electron chi connectivity index (χ0n) is 16.0. The lowest BCUT2D eigenvalue weighted by Gasteiger charge is -2.40. The summed E-state index contributed by atoms with van der Waals surface area (Å²) < 4.78 is 12.2. The molecule has 0 aromatic rings. The number of hydrogen-bond donors (Lipinski definition) is 0. The fourth-order valence-electron chi connectivity index (χ4n) is 5.29. The van der Waals surface area contributed by atoms with Crippen LogP contribution in [0.1, 0.15) is 77.6 Å². The second-order valence-electron chi connectivity index (χ2n) is 8.71. The summed E-state index contributed by atoms with van der Waals surface area (Å²) in [6.07, 6.45) is 17.0. The Balaban J connectivity index is 1.35. The van der Waals surface area contributed by atoms with Crippen LogP contribution in [0.25, 0.3) is 0 Å². The van der Waals surface area contributed by atoms with Gasteiger partial charge in [0.25, 0.3) is 0 Å². The largest absolute Gasteiger partial charge is 0.352 e. The topological polar surface area (TPSA) is 18.5 Å². The van der Waals surface area contributed by atoms with Gasteiger partial charge < -0.3 is 9.47 Å². The van der Waals surface area contributed by atoms with Crippen LogP contribution in [-0.2, 0) is 9.47 Å². The third-order valence-electron chi connectivity index (χ3n) is 6.99. The molecule has 2 saturated carbocycles. The summed E-state index contributed by atoms with van der Waals surface area (Å²) in [5.74, 6) is 3.89. The lowest BCUT2D eigenvalue weighted by Crippen LogP contribution is -2.39. The lowest BCUT2D eigenvalue weighted by molar-refractivity contribution is -0.230. The van der Waals surface area contributed by atoms with Gasteiger partial charge in [-0.3, -0.25) is 0 Å². The zero-order valence-corrected chi connectivity index (χ0v) is 16.8. The Morgan fingerprint density at radius 1 is 0.840 bits per heavy atom. The highest BCUT2D eigenvalue weighted by Gasteiger charge is 2.35. The number of hydrogen-bond acceptors (Lipinski definition) is 2.